The van der Waals surface area contributed by atoms with Crippen molar-refractivity contribution in [2.24, 2.45) is 0 Å². The van der Waals surface area contributed by atoms with Gasteiger partial charge in [0.15, 0.2) is 16.6 Å². The molecule has 0 saturated carbocycles. The Bertz CT molecular complexity index is 1190. The van der Waals surface area contributed by atoms with Gasteiger partial charge in [-0.05, 0) is 43.5 Å². The van der Waals surface area contributed by atoms with Gasteiger partial charge in [-0.1, -0.05) is 6.07 Å². The Balaban J connectivity index is 1.50. The molecule has 37 heavy (non-hydrogen) atoms. The van der Waals surface area contributed by atoms with E-state index in [2.05, 4.69) is 10.3 Å². The van der Waals surface area contributed by atoms with Crippen molar-refractivity contribution in [3.8, 4) is 22.3 Å². The molecular weight excluding hydrogens is 500 g/mol. The molecule has 0 amide bonds. The summed E-state index contributed by atoms with van der Waals surface area (Å²) in [6.45, 7) is 2.19. The third kappa shape index (κ3) is 8.16. The zero-order valence-corrected chi connectivity index (χ0v) is 21.9. The topological polar surface area (TPSA) is 126 Å². The van der Waals surface area contributed by atoms with Crippen LogP contribution in [0.4, 0.5) is 0 Å². The molecule has 198 valence electrons. The van der Waals surface area contributed by atoms with Gasteiger partial charge in [-0.15, -0.1) is 11.3 Å². The maximum atomic E-state index is 12.7. The smallest absolute Gasteiger partial charge is 0.319 e. The van der Waals surface area contributed by atoms with Gasteiger partial charge in [0.05, 0.1) is 50.8 Å². The molecule has 11 heteroatoms. The molecule has 0 radical (unpaired) electrons. The Morgan fingerprint density at radius 2 is 1.92 bits per heavy atom. The lowest BCUT2D eigenvalue weighted by atomic mass is 10.1. The molecule has 0 atom stereocenters. The van der Waals surface area contributed by atoms with E-state index in [4.69, 9.17) is 23.4 Å². The normalized spacial score (nSPS) is 10.7. The highest BCUT2D eigenvalue weighted by molar-refractivity contribution is 7.17. The van der Waals surface area contributed by atoms with Crippen LogP contribution in [-0.4, -0.2) is 56.7 Å². The number of hydrogen-bond acceptors (Lipinski definition) is 11. The van der Waals surface area contributed by atoms with Crippen LogP contribution in [0.5, 0.6) is 11.5 Å². The second-order valence-electron chi connectivity index (χ2n) is 7.78. The Kier molecular flexibility index (Phi) is 10.7. The first kappa shape index (κ1) is 27.9. The minimum atomic E-state index is -0.602. The lowest BCUT2D eigenvalue weighted by molar-refractivity contribution is -0.143. The van der Waals surface area contributed by atoms with E-state index < -0.39 is 17.7 Å². The molecule has 0 fully saturated rings. The van der Waals surface area contributed by atoms with Gasteiger partial charge in [0.2, 0.25) is 0 Å². The number of furan rings is 1. The standard InChI is InChI=1S/C26H30N2O8S/c1-4-34-23(30)14-20(29)25-19(28-26(37-25)21-8-6-11-35-21)15-27-16-24(31)36-12-5-7-17-9-10-18(32-2)13-22(17)33-3/h6,8-11,13,27H,4-5,7,12,14-16H2,1-3H3. The van der Waals surface area contributed by atoms with Crippen LogP contribution >= 0.6 is 11.3 Å². The third-order valence-corrected chi connectivity index (χ3v) is 6.36. The number of nitrogens with zero attached hydrogens (tertiary/aromatic N) is 1. The van der Waals surface area contributed by atoms with Crippen LogP contribution in [0.25, 0.3) is 10.8 Å². The minimum Gasteiger partial charge on any atom is -0.497 e. The van der Waals surface area contributed by atoms with Crippen molar-refractivity contribution in [3.05, 3.63) is 52.7 Å². The molecule has 0 aliphatic rings. The zero-order valence-electron chi connectivity index (χ0n) is 21.0. The number of aromatic nitrogens is 1. The summed E-state index contributed by atoms with van der Waals surface area (Å²) in [4.78, 5) is 41.5. The van der Waals surface area contributed by atoms with E-state index in [0.29, 0.717) is 39.9 Å². The van der Waals surface area contributed by atoms with E-state index in [1.807, 2.05) is 18.2 Å². The molecule has 0 spiro atoms. The highest BCUT2D eigenvalue weighted by atomic mass is 32.1. The number of thiazole rings is 1. The Hall–Kier alpha value is -3.70. The number of methoxy groups -OCH3 is 2. The van der Waals surface area contributed by atoms with E-state index in [9.17, 15) is 14.4 Å². The van der Waals surface area contributed by atoms with Crippen LogP contribution in [0.3, 0.4) is 0 Å². The average molecular weight is 531 g/mol. The predicted octanol–water partition coefficient (Wildman–Crippen LogP) is 3.82. The van der Waals surface area contributed by atoms with Gasteiger partial charge in [0.1, 0.15) is 17.9 Å². The van der Waals surface area contributed by atoms with Crippen molar-refractivity contribution in [2.75, 3.05) is 34.0 Å². The van der Waals surface area contributed by atoms with Gasteiger partial charge < -0.3 is 28.7 Å². The SMILES string of the molecule is CCOC(=O)CC(=O)c1sc(-c2ccco2)nc1CNCC(=O)OCCCc1ccc(OC)cc1OC. The predicted molar refractivity (Wildman–Crippen MR) is 136 cm³/mol. The molecule has 0 unspecified atom stereocenters. The first-order valence-corrected chi connectivity index (χ1v) is 12.6. The number of esters is 2. The van der Waals surface area contributed by atoms with E-state index >= 15 is 0 Å². The van der Waals surface area contributed by atoms with Crippen molar-refractivity contribution in [1.29, 1.82) is 0 Å². The quantitative estimate of drug-likeness (QED) is 0.134. The molecule has 10 nitrogen and oxygen atoms in total. The van der Waals surface area contributed by atoms with Crippen LogP contribution in [0.15, 0.2) is 41.0 Å². The molecular formula is C26H30N2O8S. The van der Waals surface area contributed by atoms with Crippen molar-refractivity contribution in [1.82, 2.24) is 10.3 Å². The van der Waals surface area contributed by atoms with Crippen LogP contribution in [0.2, 0.25) is 0 Å². The molecule has 0 aliphatic carbocycles. The average Bonchev–Trinajstić information content (AvgIpc) is 3.57. The summed E-state index contributed by atoms with van der Waals surface area (Å²) in [5, 5.41) is 3.47. The van der Waals surface area contributed by atoms with E-state index in [1.54, 1.807) is 33.3 Å². The fourth-order valence-electron chi connectivity index (χ4n) is 3.46. The van der Waals surface area contributed by atoms with Crippen LogP contribution in [-0.2, 0) is 32.0 Å². The molecule has 0 saturated heterocycles. The van der Waals surface area contributed by atoms with Gasteiger partial charge in [-0.3, -0.25) is 14.4 Å². The Labute approximate surface area is 218 Å². The Morgan fingerprint density at radius 1 is 1.08 bits per heavy atom. The molecule has 2 heterocycles. The number of ketones is 1. The fraction of sp³-hybridized carbons (Fsp3) is 0.385. The zero-order chi connectivity index (χ0) is 26.6. The van der Waals surface area contributed by atoms with Crippen molar-refractivity contribution in [3.63, 3.8) is 0 Å². The van der Waals surface area contributed by atoms with Crippen LogP contribution < -0.4 is 14.8 Å². The molecule has 1 N–H and O–H groups in total. The first-order chi connectivity index (χ1) is 17.9. The number of nitrogens with one attached hydrogen (secondary N) is 1. The summed E-state index contributed by atoms with van der Waals surface area (Å²) in [5.41, 5.74) is 1.42. The van der Waals surface area contributed by atoms with Gasteiger partial charge >= 0.3 is 11.9 Å². The number of benzene rings is 1. The van der Waals surface area contributed by atoms with Crippen molar-refractivity contribution < 1.29 is 37.7 Å². The molecule has 1 aromatic carbocycles. The number of aryl methyl sites for hydroxylation is 1. The van der Waals surface area contributed by atoms with Crippen LogP contribution in [0.1, 0.15) is 40.7 Å². The van der Waals surface area contributed by atoms with Crippen LogP contribution in [0, 0.1) is 0 Å². The minimum absolute atomic E-state index is 0.0645. The lowest BCUT2D eigenvalue weighted by Gasteiger charge is -2.10. The summed E-state index contributed by atoms with van der Waals surface area (Å²) in [6.07, 6.45) is 2.42. The number of Topliss-reactive ketones (excluding diaryl/α,β-unsaturated/α-hetero) is 1. The number of hydrogen-bond donors (Lipinski definition) is 1. The molecule has 3 aromatic rings. The first-order valence-electron chi connectivity index (χ1n) is 11.7. The highest BCUT2D eigenvalue weighted by Gasteiger charge is 2.22. The summed E-state index contributed by atoms with van der Waals surface area (Å²) >= 11 is 1.13. The van der Waals surface area contributed by atoms with E-state index in [0.717, 1.165) is 22.6 Å². The second kappa shape index (κ2) is 14.1. The summed E-state index contributed by atoms with van der Waals surface area (Å²) in [7, 11) is 3.19. The summed E-state index contributed by atoms with van der Waals surface area (Å²) < 4.78 is 26.2. The molecule has 0 aliphatic heterocycles. The summed E-state index contributed by atoms with van der Waals surface area (Å²) in [5.74, 6) is 0.507. The monoisotopic (exact) mass is 530 g/mol. The van der Waals surface area contributed by atoms with E-state index in [1.165, 1.54) is 6.26 Å². The third-order valence-electron chi connectivity index (χ3n) is 5.20. The highest BCUT2D eigenvalue weighted by Crippen LogP contribution is 2.30. The van der Waals surface area contributed by atoms with Gasteiger partial charge in [0, 0.05) is 12.6 Å². The van der Waals surface area contributed by atoms with E-state index in [-0.39, 0.29) is 32.7 Å². The van der Waals surface area contributed by atoms with Gasteiger partial charge in [0.25, 0.3) is 0 Å². The number of ether oxygens (including phenoxy) is 4. The summed E-state index contributed by atoms with van der Waals surface area (Å²) in [6, 6.07) is 9.04. The lowest BCUT2D eigenvalue weighted by Crippen LogP contribution is -2.25. The number of rotatable bonds is 15. The molecule has 2 aromatic heterocycles. The largest absolute Gasteiger partial charge is 0.497 e. The maximum Gasteiger partial charge on any atom is 0.319 e. The number of carbonyl (C=O) groups excluding carboxylic acids is 3. The Morgan fingerprint density at radius 3 is 2.62 bits per heavy atom. The second-order valence-corrected chi connectivity index (χ2v) is 8.78. The van der Waals surface area contributed by atoms with Gasteiger partial charge in [-0.2, -0.15) is 0 Å². The number of carbonyl (C=O) groups is 3. The fourth-order valence-corrected chi connectivity index (χ4v) is 4.45. The van der Waals surface area contributed by atoms with Crippen molar-refractivity contribution in [2.45, 2.75) is 32.7 Å². The van der Waals surface area contributed by atoms with Crippen molar-refractivity contribution >= 4 is 29.1 Å². The van der Waals surface area contributed by atoms with Gasteiger partial charge in [-0.25, -0.2) is 4.98 Å². The molecule has 3 rings (SSSR count). The maximum absolute atomic E-state index is 12.7. The molecule has 0 bridgehead atoms.